The van der Waals surface area contributed by atoms with E-state index in [4.69, 9.17) is 5.73 Å². The van der Waals surface area contributed by atoms with Gasteiger partial charge in [0.25, 0.3) is 0 Å². The molecule has 0 fully saturated rings. The molecule has 1 unspecified atom stereocenters. The van der Waals surface area contributed by atoms with Crippen LogP contribution in [0.15, 0.2) is 18.2 Å². The predicted molar refractivity (Wildman–Crippen MR) is 47.8 cm³/mol. The van der Waals surface area contributed by atoms with Gasteiger partial charge in [0, 0.05) is 6.42 Å². The van der Waals surface area contributed by atoms with E-state index >= 15 is 0 Å². The van der Waals surface area contributed by atoms with Crippen molar-refractivity contribution in [2.24, 2.45) is 5.73 Å². The van der Waals surface area contributed by atoms with Crippen LogP contribution in [0.4, 0.5) is 0 Å². The third-order valence-corrected chi connectivity index (χ3v) is 2.59. The molecule has 1 aromatic carbocycles. The van der Waals surface area contributed by atoms with Crippen LogP contribution in [0.1, 0.15) is 22.7 Å². The van der Waals surface area contributed by atoms with Crippen LogP contribution in [0.25, 0.3) is 0 Å². The maximum atomic E-state index is 9.52. The Bertz CT molecular complexity index is 309. The van der Waals surface area contributed by atoms with Crippen LogP contribution in [-0.4, -0.2) is 11.2 Å². The summed E-state index contributed by atoms with van der Waals surface area (Å²) in [4.78, 5) is 0. The van der Waals surface area contributed by atoms with Crippen molar-refractivity contribution < 1.29 is 5.11 Å². The molecular weight excluding hydrogens is 150 g/mol. The number of aliphatic hydroxyl groups is 1. The second kappa shape index (κ2) is 2.57. The molecule has 2 heteroatoms. The van der Waals surface area contributed by atoms with Crippen LogP contribution in [0, 0.1) is 6.92 Å². The Morgan fingerprint density at radius 2 is 2.25 bits per heavy atom. The molecular formula is C10H13NO. The van der Waals surface area contributed by atoms with E-state index in [1.807, 2.05) is 25.1 Å². The van der Waals surface area contributed by atoms with Crippen molar-refractivity contribution in [3.63, 3.8) is 0 Å². The van der Waals surface area contributed by atoms with Crippen LogP contribution in [0.2, 0.25) is 0 Å². The Hall–Kier alpha value is -0.860. The summed E-state index contributed by atoms with van der Waals surface area (Å²) < 4.78 is 0. The molecule has 2 nitrogen and oxygen atoms in total. The molecule has 0 aliphatic heterocycles. The Labute approximate surface area is 72.0 Å². The summed E-state index contributed by atoms with van der Waals surface area (Å²) in [6.45, 7) is 2.04. The first kappa shape index (κ1) is 7.77. The van der Waals surface area contributed by atoms with Gasteiger partial charge in [0.05, 0.1) is 12.1 Å². The molecule has 0 amide bonds. The van der Waals surface area contributed by atoms with Crippen LogP contribution in [0.5, 0.6) is 0 Å². The standard InChI is InChI=1S/C10H13NO/c1-6-3-2-4-7-5-8(12)10(11)9(6)7/h2-4,8,10,12H,5,11H2,1H3/t8?,10-/m1/s1. The molecule has 0 saturated heterocycles. The Balaban J connectivity index is 2.55. The van der Waals surface area contributed by atoms with E-state index in [2.05, 4.69) is 0 Å². The summed E-state index contributed by atoms with van der Waals surface area (Å²) >= 11 is 0. The molecule has 0 heterocycles. The second-order valence-corrected chi connectivity index (χ2v) is 3.44. The van der Waals surface area contributed by atoms with E-state index in [-0.39, 0.29) is 12.1 Å². The van der Waals surface area contributed by atoms with Gasteiger partial charge in [-0.05, 0) is 23.6 Å². The molecule has 64 valence electrons. The fourth-order valence-corrected chi connectivity index (χ4v) is 1.94. The van der Waals surface area contributed by atoms with Gasteiger partial charge >= 0.3 is 0 Å². The van der Waals surface area contributed by atoms with Gasteiger partial charge in [-0.15, -0.1) is 0 Å². The third kappa shape index (κ3) is 0.958. The van der Waals surface area contributed by atoms with Gasteiger partial charge < -0.3 is 10.8 Å². The number of aliphatic hydroxyl groups excluding tert-OH is 1. The van der Waals surface area contributed by atoms with E-state index < -0.39 is 0 Å². The highest BCUT2D eigenvalue weighted by Gasteiger charge is 2.28. The topological polar surface area (TPSA) is 46.2 Å². The lowest BCUT2D eigenvalue weighted by Gasteiger charge is -2.10. The fourth-order valence-electron chi connectivity index (χ4n) is 1.94. The number of benzene rings is 1. The predicted octanol–water partition coefficient (Wildman–Crippen LogP) is 0.912. The van der Waals surface area contributed by atoms with Crippen molar-refractivity contribution in [2.75, 3.05) is 0 Å². The van der Waals surface area contributed by atoms with Gasteiger partial charge in [0.1, 0.15) is 0 Å². The first-order valence-electron chi connectivity index (χ1n) is 4.22. The van der Waals surface area contributed by atoms with Crippen LogP contribution in [0.3, 0.4) is 0 Å². The van der Waals surface area contributed by atoms with Gasteiger partial charge in [-0.2, -0.15) is 0 Å². The van der Waals surface area contributed by atoms with Gasteiger partial charge in [-0.25, -0.2) is 0 Å². The van der Waals surface area contributed by atoms with Crippen molar-refractivity contribution in [3.05, 3.63) is 34.9 Å². The Morgan fingerprint density at radius 1 is 1.50 bits per heavy atom. The maximum Gasteiger partial charge on any atom is 0.0773 e. The first-order chi connectivity index (χ1) is 5.70. The van der Waals surface area contributed by atoms with Crippen molar-refractivity contribution in [2.45, 2.75) is 25.5 Å². The van der Waals surface area contributed by atoms with Crippen molar-refractivity contribution in [3.8, 4) is 0 Å². The summed E-state index contributed by atoms with van der Waals surface area (Å²) in [7, 11) is 0. The maximum absolute atomic E-state index is 9.52. The zero-order valence-electron chi connectivity index (χ0n) is 7.12. The number of hydrogen-bond acceptors (Lipinski definition) is 2. The van der Waals surface area contributed by atoms with Gasteiger partial charge in [-0.3, -0.25) is 0 Å². The molecule has 0 aromatic heterocycles. The molecule has 2 rings (SSSR count). The van der Waals surface area contributed by atoms with Crippen LogP contribution < -0.4 is 5.73 Å². The zero-order valence-corrected chi connectivity index (χ0v) is 7.12. The molecule has 12 heavy (non-hydrogen) atoms. The largest absolute Gasteiger partial charge is 0.391 e. The minimum atomic E-state index is -0.388. The molecule has 1 aliphatic rings. The van der Waals surface area contributed by atoms with Crippen molar-refractivity contribution in [1.82, 2.24) is 0 Å². The molecule has 0 bridgehead atoms. The average Bonchev–Trinajstić information content (AvgIpc) is 2.29. The zero-order chi connectivity index (χ0) is 8.72. The summed E-state index contributed by atoms with van der Waals surface area (Å²) in [6.07, 6.45) is 0.319. The van der Waals surface area contributed by atoms with E-state index in [1.54, 1.807) is 0 Å². The minimum absolute atomic E-state index is 0.179. The number of aryl methyl sites for hydroxylation is 1. The third-order valence-electron chi connectivity index (χ3n) is 2.59. The highest BCUT2D eigenvalue weighted by Crippen LogP contribution is 2.31. The highest BCUT2D eigenvalue weighted by molar-refractivity contribution is 5.41. The normalized spacial score (nSPS) is 27.2. The van der Waals surface area contributed by atoms with Gasteiger partial charge in [0.2, 0.25) is 0 Å². The summed E-state index contributed by atoms with van der Waals surface area (Å²) in [5, 5.41) is 9.52. The number of rotatable bonds is 0. The quantitative estimate of drug-likeness (QED) is 0.597. The molecule has 1 aromatic rings. The molecule has 0 saturated carbocycles. The summed E-state index contributed by atoms with van der Waals surface area (Å²) in [6, 6.07) is 5.91. The Kier molecular flexibility index (Phi) is 1.67. The number of nitrogens with two attached hydrogens (primary N) is 1. The lowest BCUT2D eigenvalue weighted by molar-refractivity contribution is 0.158. The molecule has 0 spiro atoms. The van der Waals surface area contributed by atoms with E-state index in [9.17, 15) is 5.11 Å². The average molecular weight is 163 g/mol. The molecule has 3 N–H and O–H groups in total. The smallest absolute Gasteiger partial charge is 0.0773 e. The molecule has 2 atom stereocenters. The van der Waals surface area contributed by atoms with Crippen molar-refractivity contribution >= 4 is 0 Å². The van der Waals surface area contributed by atoms with E-state index in [1.165, 1.54) is 11.1 Å². The molecule has 1 aliphatic carbocycles. The van der Waals surface area contributed by atoms with Crippen LogP contribution in [-0.2, 0) is 6.42 Å². The Morgan fingerprint density at radius 3 is 2.92 bits per heavy atom. The second-order valence-electron chi connectivity index (χ2n) is 3.44. The van der Waals surface area contributed by atoms with E-state index in [0.717, 1.165) is 5.56 Å². The van der Waals surface area contributed by atoms with E-state index in [0.29, 0.717) is 6.42 Å². The highest BCUT2D eigenvalue weighted by atomic mass is 16.3. The monoisotopic (exact) mass is 163 g/mol. The summed E-state index contributed by atoms with van der Waals surface area (Å²) in [5.74, 6) is 0. The lowest BCUT2D eigenvalue weighted by atomic mass is 10.0. The SMILES string of the molecule is Cc1cccc2c1[C@H](N)C(O)C2. The number of hydrogen-bond donors (Lipinski definition) is 2. The van der Waals surface area contributed by atoms with Crippen molar-refractivity contribution in [1.29, 1.82) is 0 Å². The first-order valence-corrected chi connectivity index (χ1v) is 4.22. The minimum Gasteiger partial charge on any atom is -0.391 e. The number of fused-ring (bicyclic) bond motifs is 1. The van der Waals surface area contributed by atoms with Gasteiger partial charge in [0.15, 0.2) is 0 Å². The lowest BCUT2D eigenvalue weighted by Crippen LogP contribution is -2.21. The fraction of sp³-hybridized carbons (Fsp3) is 0.400. The van der Waals surface area contributed by atoms with Crippen LogP contribution >= 0.6 is 0 Å². The molecule has 0 radical (unpaired) electrons. The van der Waals surface area contributed by atoms with Gasteiger partial charge in [-0.1, -0.05) is 18.2 Å². The summed E-state index contributed by atoms with van der Waals surface area (Å²) in [5.41, 5.74) is 9.38.